The lowest BCUT2D eigenvalue weighted by atomic mass is 9.76. The summed E-state index contributed by atoms with van der Waals surface area (Å²) in [7, 11) is 0. The molecular weight excluding hydrogens is 238 g/mol. The fourth-order valence-corrected chi connectivity index (χ4v) is 3.84. The van der Waals surface area contributed by atoms with Crippen LogP contribution in [-0.2, 0) is 4.79 Å². The number of aliphatic carboxylic acids is 1. The summed E-state index contributed by atoms with van der Waals surface area (Å²) in [5.74, 6) is 1.32. The minimum Gasteiger partial charge on any atom is -0.481 e. The van der Waals surface area contributed by atoms with Crippen molar-refractivity contribution in [3.8, 4) is 0 Å². The summed E-state index contributed by atoms with van der Waals surface area (Å²) < 4.78 is 0. The van der Waals surface area contributed by atoms with Crippen LogP contribution in [0.1, 0.15) is 52.9 Å². The number of carboxylic acids is 1. The Balaban J connectivity index is 1.89. The summed E-state index contributed by atoms with van der Waals surface area (Å²) in [6.07, 6.45) is 6.20. The molecule has 2 fully saturated rings. The zero-order valence-electron chi connectivity index (χ0n) is 12.7. The van der Waals surface area contributed by atoms with E-state index in [1.165, 1.54) is 25.7 Å². The molecule has 0 amide bonds. The molecule has 1 atom stereocenters. The molecule has 2 rings (SSSR count). The number of hydrogen-bond acceptors (Lipinski definition) is 2. The Bertz CT molecular complexity index is 321. The van der Waals surface area contributed by atoms with Crippen molar-refractivity contribution < 1.29 is 9.90 Å². The van der Waals surface area contributed by atoms with Gasteiger partial charge in [0.15, 0.2) is 0 Å². The predicted molar refractivity (Wildman–Crippen MR) is 77.1 cm³/mol. The molecule has 1 saturated carbocycles. The Morgan fingerprint density at radius 1 is 1.32 bits per heavy atom. The molecule has 2 aliphatic rings. The van der Waals surface area contributed by atoms with E-state index >= 15 is 0 Å². The van der Waals surface area contributed by atoms with E-state index in [-0.39, 0.29) is 5.92 Å². The summed E-state index contributed by atoms with van der Waals surface area (Å²) in [6.45, 7) is 9.30. The highest BCUT2D eigenvalue weighted by Crippen LogP contribution is 2.39. The molecule has 3 nitrogen and oxygen atoms in total. The normalized spacial score (nSPS) is 36.8. The summed E-state index contributed by atoms with van der Waals surface area (Å²) in [5.41, 5.74) is -0.498. The van der Waals surface area contributed by atoms with Crippen LogP contribution in [0.15, 0.2) is 0 Å². The average molecular weight is 267 g/mol. The number of nitrogens with zero attached hydrogens (tertiary/aromatic N) is 1. The summed E-state index contributed by atoms with van der Waals surface area (Å²) >= 11 is 0. The first-order valence-corrected chi connectivity index (χ1v) is 7.90. The number of carboxylic acid groups (broad SMARTS) is 1. The molecule has 0 aromatic rings. The molecule has 0 radical (unpaired) electrons. The fraction of sp³-hybridized carbons (Fsp3) is 0.938. The second kappa shape index (κ2) is 5.82. The Labute approximate surface area is 117 Å². The van der Waals surface area contributed by atoms with Crippen LogP contribution in [0.5, 0.6) is 0 Å². The van der Waals surface area contributed by atoms with E-state index in [0.29, 0.717) is 0 Å². The molecule has 1 heterocycles. The Morgan fingerprint density at radius 2 is 1.95 bits per heavy atom. The molecule has 3 heteroatoms. The third-order valence-electron chi connectivity index (χ3n) is 5.56. The third-order valence-corrected chi connectivity index (χ3v) is 5.56. The van der Waals surface area contributed by atoms with E-state index < -0.39 is 11.4 Å². The number of rotatable bonds is 4. The van der Waals surface area contributed by atoms with Crippen molar-refractivity contribution in [3.05, 3.63) is 0 Å². The molecule has 1 unspecified atom stereocenters. The van der Waals surface area contributed by atoms with Crippen LogP contribution in [-0.4, -0.2) is 35.6 Å². The van der Waals surface area contributed by atoms with Gasteiger partial charge in [-0.05, 0) is 43.6 Å². The highest BCUT2D eigenvalue weighted by atomic mass is 16.4. The minimum absolute atomic E-state index is 0.223. The van der Waals surface area contributed by atoms with E-state index in [2.05, 4.69) is 25.7 Å². The molecule has 0 aromatic heterocycles. The third kappa shape index (κ3) is 3.13. The maximum absolute atomic E-state index is 11.6. The van der Waals surface area contributed by atoms with Crippen LogP contribution < -0.4 is 0 Å². The topological polar surface area (TPSA) is 40.5 Å². The SMILES string of the molecule is CC1CCC(CN2CCC(C(=O)O)(C(C)C)C2)CC1. The summed E-state index contributed by atoms with van der Waals surface area (Å²) in [6, 6.07) is 0. The maximum atomic E-state index is 11.6. The van der Waals surface area contributed by atoms with Gasteiger partial charge in [0, 0.05) is 13.1 Å². The molecule has 0 bridgehead atoms. The molecule has 1 aliphatic carbocycles. The van der Waals surface area contributed by atoms with Crippen molar-refractivity contribution in [2.45, 2.75) is 52.9 Å². The van der Waals surface area contributed by atoms with Gasteiger partial charge in [0.25, 0.3) is 0 Å². The standard InChI is InChI=1S/C16H29NO2/c1-12(2)16(15(18)19)8-9-17(11-16)10-14-6-4-13(3)5-7-14/h12-14H,4-11H2,1-3H3,(H,18,19). The van der Waals surface area contributed by atoms with Crippen LogP contribution in [0.25, 0.3) is 0 Å². The lowest BCUT2D eigenvalue weighted by Crippen LogP contribution is -2.40. The van der Waals surface area contributed by atoms with Crippen LogP contribution in [0.4, 0.5) is 0 Å². The van der Waals surface area contributed by atoms with Crippen LogP contribution in [0.3, 0.4) is 0 Å². The molecule has 0 aromatic carbocycles. The van der Waals surface area contributed by atoms with Gasteiger partial charge in [-0.3, -0.25) is 4.79 Å². The molecule has 19 heavy (non-hydrogen) atoms. The smallest absolute Gasteiger partial charge is 0.311 e. The number of carbonyl (C=O) groups is 1. The van der Waals surface area contributed by atoms with Crippen molar-refractivity contribution in [2.24, 2.45) is 23.2 Å². The monoisotopic (exact) mass is 267 g/mol. The maximum Gasteiger partial charge on any atom is 0.311 e. The van der Waals surface area contributed by atoms with E-state index in [1.807, 2.05) is 0 Å². The van der Waals surface area contributed by atoms with Crippen LogP contribution >= 0.6 is 0 Å². The highest BCUT2D eigenvalue weighted by Gasteiger charge is 2.47. The van der Waals surface area contributed by atoms with Gasteiger partial charge in [-0.2, -0.15) is 0 Å². The Morgan fingerprint density at radius 3 is 2.42 bits per heavy atom. The zero-order chi connectivity index (χ0) is 14.0. The molecule has 1 aliphatic heterocycles. The van der Waals surface area contributed by atoms with E-state index in [0.717, 1.165) is 37.9 Å². The second-order valence-corrected chi connectivity index (χ2v) is 7.23. The minimum atomic E-state index is -0.595. The highest BCUT2D eigenvalue weighted by molar-refractivity contribution is 5.75. The van der Waals surface area contributed by atoms with Gasteiger partial charge in [0.05, 0.1) is 5.41 Å². The van der Waals surface area contributed by atoms with Crippen LogP contribution in [0.2, 0.25) is 0 Å². The molecule has 1 saturated heterocycles. The van der Waals surface area contributed by atoms with E-state index in [1.54, 1.807) is 0 Å². The molecule has 0 spiro atoms. The number of hydrogen-bond donors (Lipinski definition) is 1. The van der Waals surface area contributed by atoms with Gasteiger partial charge in [0.2, 0.25) is 0 Å². The molecule has 1 N–H and O–H groups in total. The molecular formula is C16H29NO2. The average Bonchev–Trinajstić information content (AvgIpc) is 2.77. The molecule has 110 valence electrons. The Hall–Kier alpha value is -0.570. The first kappa shape index (κ1) is 14.8. The van der Waals surface area contributed by atoms with E-state index in [9.17, 15) is 9.90 Å². The van der Waals surface area contributed by atoms with Crippen molar-refractivity contribution in [1.29, 1.82) is 0 Å². The van der Waals surface area contributed by atoms with Crippen molar-refractivity contribution in [3.63, 3.8) is 0 Å². The summed E-state index contributed by atoms with van der Waals surface area (Å²) in [5, 5.41) is 9.57. The van der Waals surface area contributed by atoms with Crippen molar-refractivity contribution >= 4 is 5.97 Å². The lowest BCUT2D eigenvalue weighted by molar-refractivity contribution is -0.151. The van der Waals surface area contributed by atoms with Gasteiger partial charge in [-0.15, -0.1) is 0 Å². The fourth-order valence-electron chi connectivity index (χ4n) is 3.84. The second-order valence-electron chi connectivity index (χ2n) is 7.23. The van der Waals surface area contributed by atoms with Gasteiger partial charge < -0.3 is 10.0 Å². The van der Waals surface area contributed by atoms with Gasteiger partial charge in [0.1, 0.15) is 0 Å². The van der Waals surface area contributed by atoms with Crippen molar-refractivity contribution in [1.82, 2.24) is 4.90 Å². The van der Waals surface area contributed by atoms with Crippen molar-refractivity contribution in [2.75, 3.05) is 19.6 Å². The number of likely N-dealkylation sites (tertiary alicyclic amines) is 1. The van der Waals surface area contributed by atoms with Crippen LogP contribution in [0, 0.1) is 23.2 Å². The van der Waals surface area contributed by atoms with Gasteiger partial charge in [-0.1, -0.05) is 33.6 Å². The first-order chi connectivity index (χ1) is 8.94. The van der Waals surface area contributed by atoms with Gasteiger partial charge in [-0.25, -0.2) is 0 Å². The predicted octanol–water partition coefficient (Wildman–Crippen LogP) is 3.25. The van der Waals surface area contributed by atoms with Gasteiger partial charge >= 0.3 is 5.97 Å². The largest absolute Gasteiger partial charge is 0.481 e. The first-order valence-electron chi connectivity index (χ1n) is 7.90. The Kier molecular flexibility index (Phi) is 4.54. The zero-order valence-corrected chi connectivity index (χ0v) is 12.7. The quantitative estimate of drug-likeness (QED) is 0.850. The summed E-state index contributed by atoms with van der Waals surface area (Å²) in [4.78, 5) is 14.0. The van der Waals surface area contributed by atoms with E-state index in [4.69, 9.17) is 0 Å². The lowest BCUT2D eigenvalue weighted by Gasteiger charge is -2.32.